The van der Waals surface area contributed by atoms with Crippen molar-refractivity contribution in [3.8, 4) is 6.07 Å². The van der Waals surface area contributed by atoms with Gasteiger partial charge >= 0.3 is 5.97 Å². The molecule has 19 heavy (non-hydrogen) atoms. The van der Waals surface area contributed by atoms with Gasteiger partial charge in [-0.25, -0.2) is 9.78 Å². The molecule has 0 aromatic carbocycles. The molecule has 6 heteroatoms. The second kappa shape index (κ2) is 5.24. The van der Waals surface area contributed by atoms with Crippen LogP contribution in [-0.4, -0.2) is 41.9 Å². The van der Waals surface area contributed by atoms with Crippen LogP contribution < -0.4 is 4.90 Å². The van der Waals surface area contributed by atoms with Crippen LogP contribution in [0.4, 0.5) is 5.82 Å². The molecule has 0 amide bonds. The highest BCUT2D eigenvalue weighted by atomic mass is 16.5. The summed E-state index contributed by atoms with van der Waals surface area (Å²) in [7, 11) is 0. The number of hydrogen-bond acceptors (Lipinski definition) is 5. The number of nitrogens with zero attached hydrogens (tertiary/aromatic N) is 3. The van der Waals surface area contributed by atoms with Gasteiger partial charge in [0.2, 0.25) is 0 Å². The molecule has 6 nitrogen and oxygen atoms in total. The third kappa shape index (κ3) is 2.66. The van der Waals surface area contributed by atoms with Crippen molar-refractivity contribution in [2.75, 3.05) is 24.6 Å². The second-order valence-corrected chi connectivity index (χ2v) is 4.52. The Kier molecular flexibility index (Phi) is 3.67. The molecule has 1 aliphatic rings. The van der Waals surface area contributed by atoms with Crippen LogP contribution in [0.3, 0.4) is 0 Å². The van der Waals surface area contributed by atoms with Crippen LogP contribution in [0.15, 0.2) is 6.07 Å². The maximum absolute atomic E-state index is 11.4. The van der Waals surface area contributed by atoms with E-state index in [0.29, 0.717) is 31.1 Å². The Morgan fingerprint density at radius 2 is 2.37 bits per heavy atom. The average molecular weight is 261 g/mol. The molecule has 2 rings (SSSR count). The first-order valence-corrected chi connectivity index (χ1v) is 6.00. The molecule has 1 atom stereocenters. The van der Waals surface area contributed by atoms with Crippen LogP contribution in [0.1, 0.15) is 21.6 Å². The van der Waals surface area contributed by atoms with Gasteiger partial charge in [0.15, 0.2) is 6.10 Å². The fraction of sp³-hybridized carbons (Fsp3) is 0.462. The molecule has 1 saturated heterocycles. The number of carbonyl (C=O) groups is 1. The number of ether oxygens (including phenoxy) is 1. The fourth-order valence-electron chi connectivity index (χ4n) is 2.23. The van der Waals surface area contributed by atoms with E-state index in [0.717, 1.165) is 5.69 Å². The zero-order valence-electron chi connectivity index (χ0n) is 10.9. The summed E-state index contributed by atoms with van der Waals surface area (Å²) >= 11 is 0. The molecule has 1 fully saturated rings. The molecule has 1 aromatic heterocycles. The highest BCUT2D eigenvalue weighted by molar-refractivity contribution is 5.95. The van der Waals surface area contributed by atoms with E-state index in [1.165, 1.54) is 0 Å². The lowest BCUT2D eigenvalue weighted by Crippen LogP contribution is -2.43. The van der Waals surface area contributed by atoms with Gasteiger partial charge in [-0.3, -0.25) is 0 Å². The quantitative estimate of drug-likeness (QED) is 0.858. The van der Waals surface area contributed by atoms with Crippen LogP contribution in [-0.2, 0) is 4.74 Å². The van der Waals surface area contributed by atoms with Crippen LogP contribution in [0.25, 0.3) is 0 Å². The predicted molar refractivity (Wildman–Crippen MR) is 68.2 cm³/mol. The smallest absolute Gasteiger partial charge is 0.339 e. The Morgan fingerprint density at radius 3 is 3.00 bits per heavy atom. The molecule has 0 radical (unpaired) electrons. The van der Waals surface area contributed by atoms with E-state index in [1.807, 2.05) is 13.0 Å². The Balaban J connectivity index is 2.43. The minimum Gasteiger partial charge on any atom is -0.478 e. The van der Waals surface area contributed by atoms with E-state index in [-0.39, 0.29) is 5.56 Å². The Hall–Kier alpha value is -2.13. The number of hydrogen-bond donors (Lipinski definition) is 1. The largest absolute Gasteiger partial charge is 0.478 e. The minimum absolute atomic E-state index is 0.198. The van der Waals surface area contributed by atoms with Gasteiger partial charge in [0, 0.05) is 12.2 Å². The summed E-state index contributed by atoms with van der Waals surface area (Å²) in [5.74, 6) is -0.575. The number of aromatic nitrogens is 1. The van der Waals surface area contributed by atoms with E-state index in [1.54, 1.807) is 17.9 Å². The normalized spacial score (nSPS) is 19.0. The van der Waals surface area contributed by atoms with Gasteiger partial charge < -0.3 is 14.7 Å². The van der Waals surface area contributed by atoms with E-state index in [9.17, 15) is 9.90 Å². The van der Waals surface area contributed by atoms with Crippen LogP contribution in [0.5, 0.6) is 0 Å². The first-order chi connectivity index (χ1) is 9.02. The SMILES string of the molecule is Cc1cc(C)c(C(=O)O)c(N2CCOC(C#N)C2)n1. The van der Waals surface area contributed by atoms with E-state index < -0.39 is 12.1 Å². The highest BCUT2D eigenvalue weighted by Gasteiger charge is 2.26. The highest BCUT2D eigenvalue weighted by Crippen LogP contribution is 2.24. The zero-order chi connectivity index (χ0) is 14.0. The molecule has 0 bridgehead atoms. The summed E-state index contributed by atoms with van der Waals surface area (Å²) < 4.78 is 5.26. The van der Waals surface area contributed by atoms with Crippen molar-refractivity contribution in [1.82, 2.24) is 4.98 Å². The number of aryl methyl sites for hydroxylation is 2. The number of nitriles is 1. The summed E-state index contributed by atoms with van der Waals surface area (Å²) in [5, 5.41) is 18.2. The summed E-state index contributed by atoms with van der Waals surface area (Å²) in [6.07, 6.45) is -0.544. The molecule has 0 saturated carbocycles. The standard InChI is InChI=1S/C13H15N3O3/c1-8-5-9(2)15-12(11(8)13(17)18)16-3-4-19-10(6-14)7-16/h5,10H,3-4,7H2,1-2H3,(H,17,18). The van der Waals surface area contributed by atoms with Crippen LogP contribution in [0.2, 0.25) is 0 Å². The number of morpholine rings is 1. The van der Waals surface area contributed by atoms with E-state index >= 15 is 0 Å². The van der Waals surface area contributed by atoms with Gasteiger partial charge in [-0.15, -0.1) is 0 Å². The van der Waals surface area contributed by atoms with E-state index in [2.05, 4.69) is 4.98 Å². The van der Waals surface area contributed by atoms with Gasteiger partial charge in [0.05, 0.1) is 19.2 Å². The van der Waals surface area contributed by atoms with Crippen molar-refractivity contribution in [2.24, 2.45) is 0 Å². The first kappa shape index (κ1) is 13.3. The lowest BCUT2D eigenvalue weighted by atomic mass is 10.1. The number of aromatic carboxylic acids is 1. The van der Waals surface area contributed by atoms with Gasteiger partial charge in [0.1, 0.15) is 11.4 Å². The molecule has 100 valence electrons. The van der Waals surface area contributed by atoms with Crippen molar-refractivity contribution in [3.05, 3.63) is 22.9 Å². The first-order valence-electron chi connectivity index (χ1n) is 6.00. The van der Waals surface area contributed by atoms with Crippen LogP contribution >= 0.6 is 0 Å². The molecule has 1 unspecified atom stereocenters. The van der Waals surface area contributed by atoms with E-state index in [4.69, 9.17) is 10.00 Å². The lowest BCUT2D eigenvalue weighted by molar-refractivity contribution is 0.0685. The molecule has 1 N–H and O–H groups in total. The third-order valence-corrected chi connectivity index (χ3v) is 3.05. The monoisotopic (exact) mass is 261 g/mol. The number of pyridine rings is 1. The van der Waals surface area contributed by atoms with Crippen molar-refractivity contribution < 1.29 is 14.6 Å². The topological polar surface area (TPSA) is 86.5 Å². The summed E-state index contributed by atoms with van der Waals surface area (Å²) in [5.41, 5.74) is 1.64. The number of anilines is 1. The number of carboxylic acid groups (broad SMARTS) is 1. The van der Waals surface area contributed by atoms with Crippen LogP contribution in [0, 0.1) is 25.2 Å². The van der Waals surface area contributed by atoms with Gasteiger partial charge in [0.25, 0.3) is 0 Å². The van der Waals surface area contributed by atoms with Gasteiger partial charge in [-0.05, 0) is 25.5 Å². The molecular formula is C13H15N3O3. The maximum Gasteiger partial charge on any atom is 0.339 e. The van der Waals surface area contributed by atoms with Crippen molar-refractivity contribution in [3.63, 3.8) is 0 Å². The molecular weight excluding hydrogens is 246 g/mol. The predicted octanol–water partition coefficient (Wildman–Crippen LogP) is 1.13. The molecule has 0 spiro atoms. The van der Waals surface area contributed by atoms with Crippen molar-refractivity contribution in [2.45, 2.75) is 20.0 Å². The molecule has 1 aromatic rings. The lowest BCUT2D eigenvalue weighted by Gasteiger charge is -2.32. The zero-order valence-corrected chi connectivity index (χ0v) is 10.9. The second-order valence-electron chi connectivity index (χ2n) is 4.52. The fourth-order valence-corrected chi connectivity index (χ4v) is 2.23. The molecule has 1 aliphatic heterocycles. The summed E-state index contributed by atoms with van der Waals surface area (Å²) in [6.45, 7) is 4.85. The summed E-state index contributed by atoms with van der Waals surface area (Å²) in [6, 6.07) is 3.79. The average Bonchev–Trinajstić information content (AvgIpc) is 2.37. The summed E-state index contributed by atoms with van der Waals surface area (Å²) in [4.78, 5) is 17.5. The molecule has 2 heterocycles. The van der Waals surface area contributed by atoms with Gasteiger partial charge in [-0.1, -0.05) is 0 Å². The maximum atomic E-state index is 11.4. The molecule has 0 aliphatic carbocycles. The Morgan fingerprint density at radius 1 is 1.63 bits per heavy atom. The number of carboxylic acids is 1. The minimum atomic E-state index is -1.00. The Labute approximate surface area is 111 Å². The van der Waals surface area contributed by atoms with Crippen molar-refractivity contribution >= 4 is 11.8 Å². The Bertz CT molecular complexity index is 551. The third-order valence-electron chi connectivity index (χ3n) is 3.05. The van der Waals surface area contributed by atoms with Gasteiger partial charge in [-0.2, -0.15) is 5.26 Å². The number of rotatable bonds is 2. The van der Waals surface area contributed by atoms with Crippen molar-refractivity contribution in [1.29, 1.82) is 5.26 Å².